The van der Waals surface area contributed by atoms with Gasteiger partial charge in [-0.05, 0) is 37.8 Å². The fourth-order valence-electron chi connectivity index (χ4n) is 3.55. The molecule has 27 heavy (non-hydrogen) atoms. The molecule has 1 N–H and O–H groups in total. The molecule has 1 aliphatic rings. The van der Waals surface area contributed by atoms with Crippen molar-refractivity contribution in [1.82, 2.24) is 29.9 Å². The van der Waals surface area contributed by atoms with E-state index < -0.39 is 5.82 Å². The Kier molecular flexibility index (Phi) is 4.43. The Labute approximate surface area is 154 Å². The summed E-state index contributed by atoms with van der Waals surface area (Å²) in [5.74, 6) is -0.186. The molecule has 1 aliphatic heterocycles. The summed E-state index contributed by atoms with van der Waals surface area (Å²) in [6, 6.07) is 6.02. The molecule has 3 aromatic rings. The molecule has 9 heteroatoms. The van der Waals surface area contributed by atoms with E-state index in [1.54, 1.807) is 28.6 Å². The molecule has 0 unspecified atom stereocenters. The highest BCUT2D eigenvalue weighted by Gasteiger charge is 2.27. The Morgan fingerprint density at radius 2 is 2.19 bits per heavy atom. The summed E-state index contributed by atoms with van der Waals surface area (Å²) in [5.41, 5.74) is 0.418. The van der Waals surface area contributed by atoms with Crippen LogP contribution in [0.25, 0.3) is 11.2 Å². The number of likely N-dealkylation sites (tertiary alicyclic amines) is 1. The van der Waals surface area contributed by atoms with Gasteiger partial charge in [0.15, 0.2) is 11.2 Å². The van der Waals surface area contributed by atoms with Crippen molar-refractivity contribution in [3.63, 3.8) is 0 Å². The maximum Gasteiger partial charge on any atom is 0.281 e. The molecule has 1 atom stereocenters. The Morgan fingerprint density at radius 3 is 3.00 bits per heavy atom. The van der Waals surface area contributed by atoms with Crippen LogP contribution in [0.2, 0.25) is 0 Å². The maximum atomic E-state index is 13.9. The van der Waals surface area contributed by atoms with E-state index >= 15 is 0 Å². The van der Waals surface area contributed by atoms with Gasteiger partial charge in [0.05, 0.1) is 5.56 Å². The van der Waals surface area contributed by atoms with Crippen molar-refractivity contribution >= 4 is 17.1 Å². The summed E-state index contributed by atoms with van der Waals surface area (Å²) in [7, 11) is 0. The standard InChI is InChI=1S/C18H19FN6O2/c1-11-20-16-15(17(26)21-11)22-23-25(16)10-12-5-4-8-24(9-12)18(27)13-6-2-3-7-14(13)19/h2-3,6-7,12H,4-5,8-10H2,1H3,(H,20,21,26)/t12-/m0/s1. The monoisotopic (exact) mass is 370 g/mol. The van der Waals surface area contributed by atoms with Gasteiger partial charge >= 0.3 is 0 Å². The molecule has 0 saturated carbocycles. The number of hydrogen-bond acceptors (Lipinski definition) is 5. The molecule has 0 aliphatic carbocycles. The number of aryl methyl sites for hydroxylation is 1. The van der Waals surface area contributed by atoms with Gasteiger partial charge in [0.2, 0.25) is 0 Å². The topological polar surface area (TPSA) is 96.8 Å². The van der Waals surface area contributed by atoms with Crippen LogP contribution in [-0.2, 0) is 6.54 Å². The second-order valence-corrected chi connectivity index (χ2v) is 6.83. The van der Waals surface area contributed by atoms with Crippen LogP contribution in [0, 0.1) is 18.7 Å². The number of aromatic amines is 1. The van der Waals surface area contributed by atoms with Crippen molar-refractivity contribution in [2.75, 3.05) is 13.1 Å². The largest absolute Gasteiger partial charge is 0.338 e. The molecule has 1 saturated heterocycles. The highest BCUT2D eigenvalue weighted by Crippen LogP contribution is 2.21. The number of hydrogen-bond donors (Lipinski definition) is 1. The van der Waals surface area contributed by atoms with E-state index in [1.165, 1.54) is 12.1 Å². The molecular weight excluding hydrogens is 351 g/mol. The van der Waals surface area contributed by atoms with Gasteiger partial charge in [0.25, 0.3) is 11.5 Å². The van der Waals surface area contributed by atoms with Crippen molar-refractivity contribution in [3.05, 3.63) is 51.8 Å². The van der Waals surface area contributed by atoms with E-state index in [-0.39, 0.29) is 28.5 Å². The molecular formula is C18H19FN6O2. The van der Waals surface area contributed by atoms with Gasteiger partial charge in [0.1, 0.15) is 11.6 Å². The molecule has 3 heterocycles. The van der Waals surface area contributed by atoms with Gasteiger partial charge in [-0.25, -0.2) is 14.1 Å². The number of nitrogens with one attached hydrogen (secondary N) is 1. The summed E-state index contributed by atoms with van der Waals surface area (Å²) in [6.07, 6.45) is 1.73. The van der Waals surface area contributed by atoms with Crippen LogP contribution in [0.5, 0.6) is 0 Å². The quantitative estimate of drug-likeness (QED) is 0.754. The number of carbonyl (C=O) groups excluding carboxylic acids is 1. The minimum Gasteiger partial charge on any atom is -0.338 e. The summed E-state index contributed by atoms with van der Waals surface area (Å²) >= 11 is 0. The predicted octanol–water partition coefficient (Wildman–Crippen LogP) is 1.51. The molecule has 1 amide bonds. The van der Waals surface area contributed by atoms with Gasteiger partial charge in [-0.15, -0.1) is 5.10 Å². The number of rotatable bonds is 3. The smallest absolute Gasteiger partial charge is 0.281 e. The van der Waals surface area contributed by atoms with E-state index in [4.69, 9.17) is 0 Å². The number of amides is 1. The van der Waals surface area contributed by atoms with Crippen molar-refractivity contribution in [1.29, 1.82) is 0 Å². The minimum absolute atomic E-state index is 0.0909. The van der Waals surface area contributed by atoms with Gasteiger partial charge in [-0.1, -0.05) is 17.3 Å². The number of benzene rings is 1. The lowest BCUT2D eigenvalue weighted by Crippen LogP contribution is -2.41. The van der Waals surface area contributed by atoms with Gasteiger partial charge < -0.3 is 9.88 Å². The molecule has 140 valence electrons. The van der Waals surface area contributed by atoms with Gasteiger partial charge in [-0.2, -0.15) is 0 Å². The van der Waals surface area contributed by atoms with Crippen molar-refractivity contribution in [2.24, 2.45) is 5.92 Å². The van der Waals surface area contributed by atoms with E-state index in [0.29, 0.717) is 31.1 Å². The SMILES string of the molecule is Cc1nc2c(nnn2C[C@H]2CCCN(C(=O)c3ccccc3F)C2)c(=O)[nH]1. The number of H-pyrrole nitrogens is 1. The average Bonchev–Trinajstić information content (AvgIpc) is 3.05. The molecule has 8 nitrogen and oxygen atoms in total. The second-order valence-electron chi connectivity index (χ2n) is 6.83. The lowest BCUT2D eigenvalue weighted by Gasteiger charge is -2.32. The Hall–Kier alpha value is -3.10. The Bertz CT molecular complexity index is 1060. The average molecular weight is 370 g/mol. The zero-order valence-electron chi connectivity index (χ0n) is 14.9. The molecule has 1 fully saturated rings. The Balaban J connectivity index is 1.53. The predicted molar refractivity (Wildman–Crippen MR) is 95.7 cm³/mol. The van der Waals surface area contributed by atoms with E-state index in [2.05, 4.69) is 20.3 Å². The fourth-order valence-corrected chi connectivity index (χ4v) is 3.55. The zero-order valence-corrected chi connectivity index (χ0v) is 14.9. The highest BCUT2D eigenvalue weighted by atomic mass is 19.1. The number of nitrogens with zero attached hydrogens (tertiary/aromatic N) is 5. The number of piperidine rings is 1. The van der Waals surface area contributed by atoms with Crippen LogP contribution in [0.15, 0.2) is 29.1 Å². The van der Waals surface area contributed by atoms with Crippen LogP contribution >= 0.6 is 0 Å². The van der Waals surface area contributed by atoms with Crippen LogP contribution in [-0.4, -0.2) is 48.9 Å². The van der Waals surface area contributed by atoms with Crippen molar-refractivity contribution in [2.45, 2.75) is 26.3 Å². The van der Waals surface area contributed by atoms with Gasteiger partial charge in [0, 0.05) is 19.6 Å². The first kappa shape index (κ1) is 17.3. The summed E-state index contributed by atoms with van der Waals surface area (Å²) in [6.45, 7) is 3.29. The van der Waals surface area contributed by atoms with E-state index in [0.717, 1.165) is 12.8 Å². The highest BCUT2D eigenvalue weighted by molar-refractivity contribution is 5.94. The number of fused-ring (bicyclic) bond motifs is 1. The first-order chi connectivity index (χ1) is 13.0. The second kappa shape index (κ2) is 6.90. The first-order valence-electron chi connectivity index (χ1n) is 8.87. The molecule has 1 aromatic carbocycles. The number of halogens is 1. The molecule has 0 bridgehead atoms. The third kappa shape index (κ3) is 3.32. The number of aromatic nitrogens is 5. The maximum absolute atomic E-state index is 13.9. The first-order valence-corrected chi connectivity index (χ1v) is 8.87. The summed E-state index contributed by atoms with van der Waals surface area (Å²) in [4.78, 5) is 33.2. The van der Waals surface area contributed by atoms with E-state index in [1.807, 2.05) is 0 Å². The lowest BCUT2D eigenvalue weighted by molar-refractivity contribution is 0.0655. The van der Waals surface area contributed by atoms with E-state index in [9.17, 15) is 14.0 Å². The van der Waals surface area contributed by atoms with Crippen LogP contribution in [0.3, 0.4) is 0 Å². The van der Waals surface area contributed by atoms with Crippen LogP contribution in [0.4, 0.5) is 4.39 Å². The van der Waals surface area contributed by atoms with Gasteiger partial charge in [-0.3, -0.25) is 9.59 Å². The number of carbonyl (C=O) groups is 1. The molecule has 4 rings (SSSR count). The summed E-state index contributed by atoms with van der Waals surface area (Å²) in [5, 5.41) is 7.97. The Morgan fingerprint density at radius 1 is 1.37 bits per heavy atom. The summed E-state index contributed by atoms with van der Waals surface area (Å²) < 4.78 is 15.5. The van der Waals surface area contributed by atoms with Crippen LogP contribution < -0.4 is 5.56 Å². The van der Waals surface area contributed by atoms with Crippen molar-refractivity contribution < 1.29 is 9.18 Å². The fraction of sp³-hybridized carbons (Fsp3) is 0.389. The molecule has 0 spiro atoms. The third-order valence-electron chi connectivity index (χ3n) is 4.83. The lowest BCUT2D eigenvalue weighted by atomic mass is 9.97. The van der Waals surface area contributed by atoms with Crippen LogP contribution in [0.1, 0.15) is 29.0 Å². The third-order valence-corrected chi connectivity index (χ3v) is 4.83. The normalized spacial score (nSPS) is 17.4. The molecule has 0 radical (unpaired) electrons. The van der Waals surface area contributed by atoms with Crippen molar-refractivity contribution in [3.8, 4) is 0 Å². The minimum atomic E-state index is -0.509. The zero-order chi connectivity index (χ0) is 19.0. The molecule has 2 aromatic heterocycles.